The average molecular weight is 181 g/mol. The fourth-order valence-electron chi connectivity index (χ4n) is 1.72. The number of H-pyrrole nitrogens is 1. The van der Waals surface area contributed by atoms with Crippen LogP contribution in [0.15, 0.2) is 12.4 Å². The minimum atomic E-state index is 0.0294. The van der Waals surface area contributed by atoms with Crippen molar-refractivity contribution in [3.63, 3.8) is 0 Å². The smallest absolute Gasteiger partial charge is 0.123 e. The molecule has 0 saturated carbocycles. The zero-order chi connectivity index (χ0) is 9.10. The molecule has 4 heteroatoms. The van der Waals surface area contributed by atoms with Crippen LogP contribution in [0.4, 0.5) is 0 Å². The SMILES string of the molecule is NC(CC1CCOC1)c1ncc[nH]1. The second-order valence-electron chi connectivity index (χ2n) is 3.55. The molecule has 13 heavy (non-hydrogen) atoms. The van der Waals surface area contributed by atoms with Crippen molar-refractivity contribution in [3.05, 3.63) is 18.2 Å². The highest BCUT2D eigenvalue weighted by Crippen LogP contribution is 2.22. The average Bonchev–Trinajstić information content (AvgIpc) is 2.74. The van der Waals surface area contributed by atoms with Crippen molar-refractivity contribution >= 4 is 0 Å². The number of rotatable bonds is 3. The highest BCUT2D eigenvalue weighted by molar-refractivity contribution is 4.94. The van der Waals surface area contributed by atoms with Crippen LogP contribution >= 0.6 is 0 Å². The van der Waals surface area contributed by atoms with Gasteiger partial charge in [0.15, 0.2) is 0 Å². The van der Waals surface area contributed by atoms with Gasteiger partial charge in [0, 0.05) is 25.6 Å². The largest absolute Gasteiger partial charge is 0.381 e. The molecule has 4 nitrogen and oxygen atoms in total. The minimum absolute atomic E-state index is 0.0294. The van der Waals surface area contributed by atoms with Crippen LogP contribution in [-0.4, -0.2) is 23.2 Å². The minimum Gasteiger partial charge on any atom is -0.381 e. The number of imidazole rings is 1. The first kappa shape index (κ1) is 8.72. The lowest BCUT2D eigenvalue weighted by Gasteiger charge is -2.12. The van der Waals surface area contributed by atoms with Crippen LogP contribution in [0.1, 0.15) is 24.7 Å². The number of aromatic nitrogens is 2. The van der Waals surface area contributed by atoms with Crippen LogP contribution in [0.3, 0.4) is 0 Å². The summed E-state index contributed by atoms with van der Waals surface area (Å²) < 4.78 is 5.29. The van der Waals surface area contributed by atoms with E-state index in [0.717, 1.165) is 31.9 Å². The molecule has 1 aromatic heterocycles. The summed E-state index contributed by atoms with van der Waals surface area (Å²) in [4.78, 5) is 7.17. The van der Waals surface area contributed by atoms with Gasteiger partial charge in [-0.2, -0.15) is 0 Å². The van der Waals surface area contributed by atoms with Crippen molar-refractivity contribution in [1.82, 2.24) is 9.97 Å². The summed E-state index contributed by atoms with van der Waals surface area (Å²) in [6, 6.07) is 0.0294. The normalized spacial score (nSPS) is 24.8. The van der Waals surface area contributed by atoms with E-state index in [2.05, 4.69) is 9.97 Å². The van der Waals surface area contributed by atoms with E-state index in [9.17, 15) is 0 Å². The maximum absolute atomic E-state index is 5.97. The molecule has 2 unspecified atom stereocenters. The Morgan fingerprint density at radius 1 is 1.77 bits per heavy atom. The standard InChI is InChI=1S/C9H15N3O/c10-8(9-11-2-3-12-9)5-7-1-4-13-6-7/h2-3,7-8H,1,4-6,10H2,(H,11,12). The monoisotopic (exact) mass is 181 g/mol. The van der Waals surface area contributed by atoms with Gasteiger partial charge in [-0.1, -0.05) is 0 Å². The summed E-state index contributed by atoms with van der Waals surface area (Å²) in [5, 5.41) is 0. The molecule has 0 amide bonds. The summed E-state index contributed by atoms with van der Waals surface area (Å²) in [6.07, 6.45) is 5.64. The molecule has 2 heterocycles. The second-order valence-corrected chi connectivity index (χ2v) is 3.55. The quantitative estimate of drug-likeness (QED) is 0.726. The van der Waals surface area contributed by atoms with Gasteiger partial charge >= 0.3 is 0 Å². The molecule has 1 saturated heterocycles. The Morgan fingerprint density at radius 3 is 3.31 bits per heavy atom. The Balaban J connectivity index is 1.87. The predicted octanol–water partition coefficient (Wildman–Crippen LogP) is 0.836. The van der Waals surface area contributed by atoms with Gasteiger partial charge in [-0.05, 0) is 18.8 Å². The Labute approximate surface area is 77.5 Å². The third-order valence-electron chi connectivity index (χ3n) is 2.48. The molecule has 0 spiro atoms. The molecule has 0 radical (unpaired) electrons. The Bertz CT molecular complexity index is 241. The lowest BCUT2D eigenvalue weighted by molar-refractivity contribution is 0.182. The lowest BCUT2D eigenvalue weighted by atomic mass is 9.99. The van der Waals surface area contributed by atoms with Crippen molar-refractivity contribution in [1.29, 1.82) is 0 Å². The molecule has 1 aliphatic heterocycles. The van der Waals surface area contributed by atoms with Gasteiger partial charge in [0.05, 0.1) is 6.04 Å². The number of hydrogen-bond donors (Lipinski definition) is 2. The van der Waals surface area contributed by atoms with Crippen LogP contribution in [-0.2, 0) is 4.74 Å². The van der Waals surface area contributed by atoms with Gasteiger partial charge in [-0.15, -0.1) is 0 Å². The maximum Gasteiger partial charge on any atom is 0.123 e. The summed E-state index contributed by atoms with van der Waals surface area (Å²) >= 11 is 0. The topological polar surface area (TPSA) is 63.9 Å². The maximum atomic E-state index is 5.97. The zero-order valence-corrected chi connectivity index (χ0v) is 7.57. The number of hydrogen-bond acceptors (Lipinski definition) is 3. The van der Waals surface area contributed by atoms with Gasteiger partial charge in [-0.25, -0.2) is 4.98 Å². The predicted molar refractivity (Wildman–Crippen MR) is 49.1 cm³/mol. The van der Waals surface area contributed by atoms with E-state index >= 15 is 0 Å². The van der Waals surface area contributed by atoms with Crippen LogP contribution in [0.2, 0.25) is 0 Å². The summed E-state index contributed by atoms with van der Waals surface area (Å²) in [5.74, 6) is 1.49. The van der Waals surface area contributed by atoms with Crippen molar-refractivity contribution in [2.75, 3.05) is 13.2 Å². The second kappa shape index (κ2) is 3.89. The number of nitrogens with two attached hydrogens (primary N) is 1. The summed E-state index contributed by atoms with van der Waals surface area (Å²) in [6.45, 7) is 1.74. The van der Waals surface area contributed by atoms with E-state index < -0.39 is 0 Å². The van der Waals surface area contributed by atoms with Crippen molar-refractivity contribution in [2.45, 2.75) is 18.9 Å². The molecular weight excluding hydrogens is 166 g/mol. The van der Waals surface area contributed by atoms with E-state index in [1.807, 2.05) is 0 Å². The molecule has 72 valence electrons. The fourth-order valence-corrected chi connectivity index (χ4v) is 1.72. The Morgan fingerprint density at radius 2 is 2.69 bits per heavy atom. The van der Waals surface area contributed by atoms with Crippen LogP contribution < -0.4 is 5.73 Å². The molecule has 0 bridgehead atoms. The molecule has 2 atom stereocenters. The number of nitrogens with one attached hydrogen (secondary N) is 1. The van der Waals surface area contributed by atoms with E-state index in [1.165, 1.54) is 0 Å². The molecule has 1 aromatic rings. The van der Waals surface area contributed by atoms with Crippen molar-refractivity contribution in [2.24, 2.45) is 11.7 Å². The number of aromatic amines is 1. The highest BCUT2D eigenvalue weighted by Gasteiger charge is 2.20. The first-order valence-electron chi connectivity index (χ1n) is 4.69. The fraction of sp³-hybridized carbons (Fsp3) is 0.667. The van der Waals surface area contributed by atoms with Crippen LogP contribution in [0, 0.1) is 5.92 Å². The van der Waals surface area contributed by atoms with Gasteiger partial charge in [0.2, 0.25) is 0 Å². The lowest BCUT2D eigenvalue weighted by Crippen LogP contribution is -2.16. The Kier molecular flexibility index (Phi) is 2.61. The van der Waals surface area contributed by atoms with Gasteiger partial charge in [-0.3, -0.25) is 0 Å². The van der Waals surface area contributed by atoms with E-state index in [1.54, 1.807) is 12.4 Å². The first-order valence-corrected chi connectivity index (χ1v) is 4.69. The van der Waals surface area contributed by atoms with Crippen molar-refractivity contribution < 1.29 is 4.74 Å². The van der Waals surface area contributed by atoms with Gasteiger partial charge in [0.25, 0.3) is 0 Å². The number of nitrogens with zero attached hydrogens (tertiary/aromatic N) is 1. The zero-order valence-electron chi connectivity index (χ0n) is 7.57. The molecule has 1 aliphatic rings. The van der Waals surface area contributed by atoms with Crippen molar-refractivity contribution in [3.8, 4) is 0 Å². The number of ether oxygens (including phenoxy) is 1. The van der Waals surface area contributed by atoms with Gasteiger partial charge in [0.1, 0.15) is 5.82 Å². The third-order valence-corrected chi connectivity index (χ3v) is 2.48. The molecule has 3 N–H and O–H groups in total. The molecule has 0 aromatic carbocycles. The molecule has 2 rings (SSSR count). The molecular formula is C9H15N3O. The van der Waals surface area contributed by atoms with E-state index in [4.69, 9.17) is 10.5 Å². The molecule has 1 fully saturated rings. The Hall–Kier alpha value is -0.870. The molecule has 0 aliphatic carbocycles. The first-order chi connectivity index (χ1) is 6.36. The van der Waals surface area contributed by atoms with E-state index in [0.29, 0.717) is 5.92 Å². The summed E-state index contributed by atoms with van der Waals surface area (Å²) in [7, 11) is 0. The van der Waals surface area contributed by atoms with Crippen LogP contribution in [0.5, 0.6) is 0 Å². The highest BCUT2D eigenvalue weighted by atomic mass is 16.5. The third kappa shape index (κ3) is 2.08. The van der Waals surface area contributed by atoms with Gasteiger partial charge < -0.3 is 15.5 Å². The van der Waals surface area contributed by atoms with E-state index in [-0.39, 0.29) is 6.04 Å². The summed E-state index contributed by atoms with van der Waals surface area (Å²) in [5.41, 5.74) is 5.97. The van der Waals surface area contributed by atoms with Crippen LogP contribution in [0.25, 0.3) is 0 Å².